The van der Waals surface area contributed by atoms with Gasteiger partial charge in [0.05, 0.1) is 6.10 Å². The van der Waals surface area contributed by atoms with Crippen molar-refractivity contribution >= 4 is 5.97 Å². The largest absolute Gasteiger partial charge is 0.481 e. The Morgan fingerprint density at radius 2 is 2.38 bits per heavy atom. The molecule has 3 nitrogen and oxygen atoms in total. The first-order chi connectivity index (χ1) is 6.09. The molecule has 0 aromatic heterocycles. The van der Waals surface area contributed by atoms with Gasteiger partial charge >= 0.3 is 5.97 Å². The molecular formula is C10H17O3. The fraction of sp³-hybridized carbons (Fsp3) is 0.800. The van der Waals surface area contributed by atoms with Crippen LogP contribution in [0.25, 0.3) is 0 Å². The first kappa shape index (κ1) is 10.5. The van der Waals surface area contributed by atoms with E-state index in [0.29, 0.717) is 0 Å². The summed E-state index contributed by atoms with van der Waals surface area (Å²) in [6.45, 7) is 1.77. The summed E-state index contributed by atoms with van der Waals surface area (Å²) in [6.07, 6.45) is 4.74. The van der Waals surface area contributed by atoms with Crippen LogP contribution in [0.5, 0.6) is 0 Å². The monoisotopic (exact) mass is 185 g/mol. The molecule has 2 N–H and O–H groups in total. The third-order valence-electron chi connectivity index (χ3n) is 2.73. The van der Waals surface area contributed by atoms with Crippen LogP contribution in [0.1, 0.15) is 32.6 Å². The number of carboxylic acid groups (broad SMARTS) is 1. The fourth-order valence-corrected chi connectivity index (χ4v) is 1.97. The molecule has 0 bridgehead atoms. The van der Waals surface area contributed by atoms with E-state index in [9.17, 15) is 9.90 Å². The summed E-state index contributed by atoms with van der Waals surface area (Å²) in [5.41, 5.74) is 0. The van der Waals surface area contributed by atoms with Crippen molar-refractivity contribution in [3.8, 4) is 0 Å². The molecule has 1 fully saturated rings. The first-order valence-corrected chi connectivity index (χ1v) is 4.82. The quantitative estimate of drug-likeness (QED) is 0.700. The topological polar surface area (TPSA) is 57.5 Å². The van der Waals surface area contributed by atoms with Crippen LogP contribution in [-0.4, -0.2) is 22.3 Å². The highest BCUT2D eigenvalue weighted by Gasteiger charge is 2.26. The van der Waals surface area contributed by atoms with E-state index in [0.717, 1.165) is 19.3 Å². The molecule has 1 aliphatic carbocycles. The van der Waals surface area contributed by atoms with Gasteiger partial charge in [0.25, 0.3) is 0 Å². The average molecular weight is 185 g/mol. The Morgan fingerprint density at radius 1 is 1.69 bits per heavy atom. The summed E-state index contributed by atoms with van der Waals surface area (Å²) >= 11 is 0. The molecule has 0 heterocycles. The molecule has 1 rings (SSSR count). The maximum Gasteiger partial charge on any atom is 0.303 e. The summed E-state index contributed by atoms with van der Waals surface area (Å²) in [6, 6.07) is 0. The highest BCUT2D eigenvalue weighted by atomic mass is 16.4. The number of rotatable bonds is 3. The third kappa shape index (κ3) is 3.35. The Bertz CT molecular complexity index is 177. The van der Waals surface area contributed by atoms with Crippen molar-refractivity contribution in [2.75, 3.05) is 0 Å². The van der Waals surface area contributed by atoms with Crippen molar-refractivity contribution < 1.29 is 15.0 Å². The second kappa shape index (κ2) is 4.61. The van der Waals surface area contributed by atoms with Crippen LogP contribution in [0.3, 0.4) is 0 Å². The van der Waals surface area contributed by atoms with Gasteiger partial charge in [-0.3, -0.25) is 4.79 Å². The van der Waals surface area contributed by atoms with Gasteiger partial charge in [0.2, 0.25) is 0 Å². The van der Waals surface area contributed by atoms with Crippen LogP contribution < -0.4 is 0 Å². The van der Waals surface area contributed by atoms with Crippen LogP contribution in [0.2, 0.25) is 0 Å². The van der Waals surface area contributed by atoms with Gasteiger partial charge in [-0.15, -0.1) is 0 Å². The van der Waals surface area contributed by atoms with E-state index in [2.05, 4.69) is 6.42 Å². The summed E-state index contributed by atoms with van der Waals surface area (Å²) in [5.74, 6) is -0.281. The van der Waals surface area contributed by atoms with E-state index in [1.54, 1.807) is 6.92 Å². The average Bonchev–Trinajstić information content (AvgIpc) is 2.03. The maximum absolute atomic E-state index is 10.5. The van der Waals surface area contributed by atoms with Gasteiger partial charge in [-0.1, -0.05) is 0 Å². The molecule has 0 saturated heterocycles. The summed E-state index contributed by atoms with van der Waals surface area (Å²) in [4.78, 5) is 10.5. The standard InChI is InChI=1S/C10H17O3/c1-7(11)9-4-2-3-8(5-9)6-10(12)13/h4,7-9,11H,2-3,5-6H2,1H3,(H,12,13). The lowest BCUT2D eigenvalue weighted by Crippen LogP contribution is -2.26. The van der Waals surface area contributed by atoms with Gasteiger partial charge in [-0.05, 0) is 44.4 Å². The molecule has 0 aliphatic heterocycles. The predicted molar refractivity (Wildman–Crippen MR) is 49.1 cm³/mol. The number of carbonyl (C=O) groups is 1. The Morgan fingerprint density at radius 3 is 2.92 bits per heavy atom. The highest BCUT2D eigenvalue weighted by molar-refractivity contribution is 5.67. The zero-order valence-electron chi connectivity index (χ0n) is 7.94. The SMILES string of the molecule is CC(O)C1[CH]CCC(CC(=O)O)C1. The summed E-state index contributed by atoms with van der Waals surface area (Å²) < 4.78 is 0. The van der Waals surface area contributed by atoms with Crippen molar-refractivity contribution in [3.63, 3.8) is 0 Å². The molecule has 3 atom stereocenters. The molecule has 0 aromatic rings. The molecule has 3 heteroatoms. The lowest BCUT2D eigenvalue weighted by atomic mass is 9.78. The minimum atomic E-state index is -0.726. The smallest absolute Gasteiger partial charge is 0.303 e. The van der Waals surface area contributed by atoms with E-state index in [1.165, 1.54) is 0 Å². The molecule has 0 amide bonds. The number of aliphatic carboxylic acids is 1. The van der Waals surface area contributed by atoms with Crippen LogP contribution in [-0.2, 0) is 4.79 Å². The summed E-state index contributed by atoms with van der Waals surface area (Å²) in [7, 11) is 0. The van der Waals surface area contributed by atoms with E-state index in [-0.39, 0.29) is 24.4 Å². The Hall–Kier alpha value is -0.570. The van der Waals surface area contributed by atoms with Crippen molar-refractivity contribution in [1.82, 2.24) is 0 Å². The van der Waals surface area contributed by atoms with Crippen LogP contribution in [0, 0.1) is 18.3 Å². The molecular weight excluding hydrogens is 168 g/mol. The van der Waals surface area contributed by atoms with Crippen molar-refractivity contribution in [2.24, 2.45) is 11.8 Å². The van der Waals surface area contributed by atoms with Crippen LogP contribution >= 0.6 is 0 Å². The van der Waals surface area contributed by atoms with Crippen molar-refractivity contribution in [2.45, 2.75) is 38.7 Å². The molecule has 1 aliphatic rings. The lowest BCUT2D eigenvalue weighted by molar-refractivity contribution is -0.138. The zero-order valence-corrected chi connectivity index (χ0v) is 7.94. The van der Waals surface area contributed by atoms with E-state index < -0.39 is 5.97 Å². The van der Waals surface area contributed by atoms with Crippen LogP contribution in [0.4, 0.5) is 0 Å². The molecule has 1 saturated carbocycles. The predicted octanol–water partition coefficient (Wildman–Crippen LogP) is 1.46. The fourth-order valence-electron chi connectivity index (χ4n) is 1.97. The van der Waals surface area contributed by atoms with E-state index in [4.69, 9.17) is 5.11 Å². The minimum absolute atomic E-state index is 0.193. The third-order valence-corrected chi connectivity index (χ3v) is 2.73. The number of aliphatic hydroxyl groups excluding tert-OH is 1. The van der Waals surface area contributed by atoms with Gasteiger partial charge in [-0.25, -0.2) is 0 Å². The van der Waals surface area contributed by atoms with Gasteiger partial charge in [0.15, 0.2) is 0 Å². The number of hydrogen-bond acceptors (Lipinski definition) is 2. The summed E-state index contributed by atoms with van der Waals surface area (Å²) in [5, 5.41) is 18.0. The Labute approximate surface area is 78.8 Å². The van der Waals surface area contributed by atoms with Gasteiger partial charge < -0.3 is 10.2 Å². The second-order valence-corrected chi connectivity index (χ2v) is 3.92. The normalized spacial score (nSPS) is 31.2. The number of aliphatic hydroxyl groups is 1. The number of hydrogen-bond donors (Lipinski definition) is 2. The Kier molecular flexibility index (Phi) is 3.72. The van der Waals surface area contributed by atoms with E-state index >= 15 is 0 Å². The molecule has 0 spiro atoms. The molecule has 0 aromatic carbocycles. The van der Waals surface area contributed by atoms with Crippen LogP contribution in [0.15, 0.2) is 0 Å². The van der Waals surface area contributed by atoms with Crippen molar-refractivity contribution in [3.05, 3.63) is 6.42 Å². The van der Waals surface area contributed by atoms with Gasteiger partial charge in [-0.2, -0.15) is 0 Å². The van der Waals surface area contributed by atoms with Gasteiger partial charge in [0, 0.05) is 6.42 Å². The van der Waals surface area contributed by atoms with Crippen molar-refractivity contribution in [1.29, 1.82) is 0 Å². The molecule has 13 heavy (non-hydrogen) atoms. The van der Waals surface area contributed by atoms with E-state index in [1.807, 2.05) is 0 Å². The molecule has 75 valence electrons. The van der Waals surface area contributed by atoms with Gasteiger partial charge in [0.1, 0.15) is 0 Å². The molecule has 3 unspecified atom stereocenters. The maximum atomic E-state index is 10.5. The highest BCUT2D eigenvalue weighted by Crippen LogP contribution is 2.32. The Balaban J connectivity index is 2.37. The molecule has 1 radical (unpaired) electrons. The first-order valence-electron chi connectivity index (χ1n) is 4.82. The second-order valence-electron chi connectivity index (χ2n) is 3.92. The lowest BCUT2D eigenvalue weighted by Gasteiger charge is -2.29. The zero-order chi connectivity index (χ0) is 9.84. The minimum Gasteiger partial charge on any atom is -0.481 e. The number of carboxylic acids is 1.